The lowest BCUT2D eigenvalue weighted by molar-refractivity contribution is 0.0699. The molecule has 0 saturated heterocycles. The van der Waals surface area contributed by atoms with Crippen molar-refractivity contribution in [3.8, 4) is 11.4 Å². The van der Waals surface area contributed by atoms with Crippen molar-refractivity contribution in [2.24, 2.45) is 0 Å². The lowest BCUT2D eigenvalue weighted by Gasteiger charge is -2.04. The van der Waals surface area contributed by atoms with Crippen LogP contribution in [0.5, 0.6) is 0 Å². The minimum atomic E-state index is -0.988. The van der Waals surface area contributed by atoms with E-state index in [1.807, 2.05) is 6.07 Å². The second-order valence-electron chi connectivity index (χ2n) is 3.74. The van der Waals surface area contributed by atoms with Crippen LogP contribution in [-0.4, -0.2) is 31.5 Å². The summed E-state index contributed by atoms with van der Waals surface area (Å²) in [6.45, 7) is 0. The van der Waals surface area contributed by atoms with Crippen LogP contribution < -0.4 is 0 Å². The highest BCUT2D eigenvalue weighted by molar-refractivity contribution is 6.03. The summed E-state index contributed by atoms with van der Waals surface area (Å²) in [5, 5.41) is 19.8. The Morgan fingerprint density at radius 3 is 2.78 bits per heavy atom. The molecule has 0 fully saturated rings. The van der Waals surface area contributed by atoms with E-state index in [0.29, 0.717) is 22.3 Å². The van der Waals surface area contributed by atoms with Gasteiger partial charge in [-0.05, 0) is 12.1 Å². The van der Waals surface area contributed by atoms with Crippen molar-refractivity contribution in [1.29, 1.82) is 0 Å². The molecule has 0 atom stereocenters. The van der Waals surface area contributed by atoms with Crippen LogP contribution in [0.4, 0.5) is 0 Å². The highest BCUT2D eigenvalue weighted by Gasteiger charge is 2.13. The van der Waals surface area contributed by atoms with Crippen molar-refractivity contribution in [3.63, 3.8) is 0 Å². The Kier molecular flexibility index (Phi) is 2.26. The second-order valence-corrected chi connectivity index (χ2v) is 3.74. The maximum absolute atomic E-state index is 11.3. The van der Waals surface area contributed by atoms with Gasteiger partial charge in [-0.2, -0.15) is 0 Å². The number of fused-ring (bicyclic) bond motifs is 1. The molecule has 6 heteroatoms. The van der Waals surface area contributed by atoms with Crippen LogP contribution in [0.25, 0.3) is 22.3 Å². The smallest absolute Gasteiger partial charge is 0.336 e. The molecule has 1 aromatic carbocycles. The third-order valence-electron chi connectivity index (χ3n) is 2.63. The van der Waals surface area contributed by atoms with E-state index in [4.69, 9.17) is 0 Å². The molecule has 2 heterocycles. The number of benzene rings is 1. The van der Waals surface area contributed by atoms with E-state index in [2.05, 4.69) is 20.4 Å². The molecule has 2 N–H and O–H groups in total. The first-order valence-electron chi connectivity index (χ1n) is 5.25. The molecule has 18 heavy (non-hydrogen) atoms. The topological polar surface area (TPSA) is 91.8 Å². The van der Waals surface area contributed by atoms with Crippen molar-refractivity contribution in [3.05, 3.63) is 42.1 Å². The Bertz CT molecular complexity index is 722. The van der Waals surface area contributed by atoms with Crippen LogP contribution in [0, 0.1) is 0 Å². The van der Waals surface area contributed by atoms with E-state index in [-0.39, 0.29) is 5.56 Å². The second kappa shape index (κ2) is 3.92. The number of pyridine rings is 1. The Morgan fingerprint density at radius 2 is 2.06 bits per heavy atom. The molecule has 0 saturated carbocycles. The third-order valence-corrected chi connectivity index (χ3v) is 2.63. The Labute approximate surface area is 101 Å². The highest BCUT2D eigenvalue weighted by atomic mass is 16.4. The molecule has 0 amide bonds. The molecule has 2 aromatic heterocycles. The lowest BCUT2D eigenvalue weighted by atomic mass is 10.1. The van der Waals surface area contributed by atoms with E-state index in [0.717, 1.165) is 0 Å². The number of carboxylic acid groups (broad SMARTS) is 1. The Morgan fingerprint density at radius 1 is 1.22 bits per heavy atom. The normalized spacial score (nSPS) is 10.7. The van der Waals surface area contributed by atoms with Gasteiger partial charge in [-0.15, -0.1) is 5.10 Å². The molecule has 6 nitrogen and oxygen atoms in total. The number of aromatic nitrogens is 4. The summed E-state index contributed by atoms with van der Waals surface area (Å²) >= 11 is 0. The average molecular weight is 240 g/mol. The molecule has 3 rings (SSSR count). The van der Waals surface area contributed by atoms with Crippen LogP contribution in [0.1, 0.15) is 10.4 Å². The Balaban J connectivity index is 2.33. The summed E-state index contributed by atoms with van der Waals surface area (Å²) in [7, 11) is 0. The largest absolute Gasteiger partial charge is 0.478 e. The molecule has 3 aromatic rings. The van der Waals surface area contributed by atoms with Gasteiger partial charge in [0.1, 0.15) is 5.69 Å². The van der Waals surface area contributed by atoms with Crippen molar-refractivity contribution < 1.29 is 9.90 Å². The fourth-order valence-electron chi connectivity index (χ4n) is 1.81. The zero-order chi connectivity index (χ0) is 12.5. The highest BCUT2D eigenvalue weighted by Crippen LogP contribution is 2.23. The minimum Gasteiger partial charge on any atom is -0.478 e. The number of carboxylic acids is 1. The molecule has 0 unspecified atom stereocenters. The lowest BCUT2D eigenvalue weighted by Crippen LogP contribution is -2.00. The average Bonchev–Trinajstić information content (AvgIpc) is 2.91. The van der Waals surface area contributed by atoms with Crippen molar-refractivity contribution in [2.75, 3.05) is 0 Å². The van der Waals surface area contributed by atoms with Gasteiger partial charge in [0.05, 0.1) is 23.0 Å². The van der Waals surface area contributed by atoms with Gasteiger partial charge in [-0.25, -0.2) is 9.78 Å². The summed E-state index contributed by atoms with van der Waals surface area (Å²) in [4.78, 5) is 15.6. The first-order valence-corrected chi connectivity index (χ1v) is 5.25. The number of hydrogen-bond acceptors (Lipinski definition) is 4. The van der Waals surface area contributed by atoms with Crippen molar-refractivity contribution in [2.45, 2.75) is 0 Å². The van der Waals surface area contributed by atoms with Gasteiger partial charge in [0.15, 0.2) is 0 Å². The molecule has 0 aliphatic carbocycles. The number of nitrogens with one attached hydrogen (secondary N) is 1. The number of rotatable bonds is 2. The number of carbonyl (C=O) groups is 1. The zero-order valence-electron chi connectivity index (χ0n) is 9.16. The fraction of sp³-hybridized carbons (Fsp3) is 0. The molecular weight excluding hydrogens is 232 g/mol. The van der Waals surface area contributed by atoms with Gasteiger partial charge in [0, 0.05) is 5.39 Å². The fourth-order valence-corrected chi connectivity index (χ4v) is 1.81. The number of H-pyrrole nitrogens is 1. The van der Waals surface area contributed by atoms with Crippen LogP contribution in [0.15, 0.2) is 36.5 Å². The molecule has 0 spiro atoms. The van der Waals surface area contributed by atoms with Gasteiger partial charge in [0.2, 0.25) is 0 Å². The van der Waals surface area contributed by atoms with E-state index in [1.54, 1.807) is 24.4 Å². The quantitative estimate of drug-likeness (QED) is 0.711. The van der Waals surface area contributed by atoms with Gasteiger partial charge >= 0.3 is 5.97 Å². The van der Waals surface area contributed by atoms with Crippen molar-refractivity contribution in [1.82, 2.24) is 20.4 Å². The van der Waals surface area contributed by atoms with E-state index < -0.39 is 5.97 Å². The maximum atomic E-state index is 11.3. The van der Waals surface area contributed by atoms with E-state index in [9.17, 15) is 9.90 Å². The van der Waals surface area contributed by atoms with E-state index in [1.165, 1.54) is 6.07 Å². The molecule has 0 aliphatic rings. The molecule has 0 radical (unpaired) electrons. The van der Waals surface area contributed by atoms with Gasteiger partial charge in [-0.1, -0.05) is 23.4 Å². The number of aromatic carboxylic acids is 1. The number of para-hydroxylation sites is 1. The summed E-state index contributed by atoms with van der Waals surface area (Å²) in [6.07, 6.45) is 1.57. The predicted octanol–water partition coefficient (Wildman–Crippen LogP) is 1.72. The summed E-state index contributed by atoms with van der Waals surface area (Å²) in [5.41, 5.74) is 1.83. The SMILES string of the molecule is O=C(O)c1cc(-c2c[nH]nn2)nc2ccccc12. The summed E-state index contributed by atoms with van der Waals surface area (Å²) < 4.78 is 0. The molecule has 88 valence electrons. The van der Waals surface area contributed by atoms with Crippen LogP contribution in [-0.2, 0) is 0 Å². The number of nitrogens with zero attached hydrogens (tertiary/aromatic N) is 3. The summed E-state index contributed by atoms with van der Waals surface area (Å²) in [6, 6.07) is 8.60. The minimum absolute atomic E-state index is 0.207. The maximum Gasteiger partial charge on any atom is 0.336 e. The predicted molar refractivity (Wildman–Crippen MR) is 64.1 cm³/mol. The summed E-state index contributed by atoms with van der Waals surface area (Å²) in [5.74, 6) is -0.988. The van der Waals surface area contributed by atoms with Crippen molar-refractivity contribution >= 4 is 16.9 Å². The van der Waals surface area contributed by atoms with Gasteiger partial charge < -0.3 is 5.11 Å². The molecule has 0 bridgehead atoms. The van der Waals surface area contributed by atoms with Gasteiger partial charge in [-0.3, -0.25) is 5.10 Å². The monoisotopic (exact) mass is 240 g/mol. The van der Waals surface area contributed by atoms with Crippen LogP contribution in [0.3, 0.4) is 0 Å². The van der Waals surface area contributed by atoms with Crippen LogP contribution in [0.2, 0.25) is 0 Å². The van der Waals surface area contributed by atoms with E-state index >= 15 is 0 Å². The first kappa shape index (κ1) is 10.4. The number of hydrogen-bond donors (Lipinski definition) is 2. The molecule has 0 aliphatic heterocycles. The van der Waals surface area contributed by atoms with Crippen LogP contribution >= 0.6 is 0 Å². The standard InChI is InChI=1S/C12H8N4O2/c17-12(18)8-5-10(11-6-13-16-15-11)14-9-4-2-1-3-7(8)9/h1-6H,(H,17,18)(H,13,15,16). The molecular formula is C12H8N4O2. The third kappa shape index (κ3) is 1.60. The first-order chi connectivity index (χ1) is 8.75. The van der Waals surface area contributed by atoms with Gasteiger partial charge in [0.25, 0.3) is 0 Å². The zero-order valence-corrected chi connectivity index (χ0v) is 9.16. The Hall–Kier alpha value is -2.76. The number of aromatic amines is 1.